The van der Waals surface area contributed by atoms with E-state index in [4.69, 9.17) is 0 Å². The average Bonchev–Trinajstić information content (AvgIpc) is 2.33. The second-order valence-corrected chi connectivity index (χ2v) is 8.09. The van der Waals surface area contributed by atoms with Crippen LogP contribution in [0.5, 0.6) is 0 Å². The zero-order chi connectivity index (χ0) is 15.3. The van der Waals surface area contributed by atoms with Crippen LogP contribution >= 0.6 is 0 Å². The van der Waals surface area contributed by atoms with Crippen LogP contribution in [0.4, 0.5) is 30.7 Å². The molecule has 0 amide bonds. The molecule has 0 aromatic heterocycles. The topological polar surface area (TPSA) is 26.3 Å². The van der Waals surface area contributed by atoms with E-state index in [2.05, 4.69) is 3.07 Å². The number of halogens is 7. The van der Waals surface area contributed by atoms with Gasteiger partial charge in [0.25, 0.3) is 0 Å². The number of hydrogen-bond acceptors (Lipinski definition) is 2. The van der Waals surface area contributed by atoms with Crippen molar-refractivity contribution in [3.63, 3.8) is 0 Å². The van der Waals surface area contributed by atoms with Crippen molar-refractivity contribution in [2.24, 2.45) is 0 Å². The van der Waals surface area contributed by atoms with Gasteiger partial charge in [-0.1, -0.05) is 0 Å². The van der Waals surface area contributed by atoms with Gasteiger partial charge in [-0.3, -0.25) is 0 Å². The molecular weight excluding hydrogens is 392 g/mol. The van der Waals surface area contributed by atoms with Gasteiger partial charge in [0.05, 0.1) is 0 Å². The van der Waals surface area contributed by atoms with E-state index in [1.807, 2.05) is 0 Å². The van der Waals surface area contributed by atoms with Gasteiger partial charge in [0.15, 0.2) is 0 Å². The molecule has 0 bridgehead atoms. The SMILES string of the molecule is CCCCC[O][Sn](=[O])[C](F)(F)C(F)(F)C(F)(F)CF. The second-order valence-electron chi connectivity index (χ2n) is 3.83. The molecule has 0 aliphatic carbocycles. The van der Waals surface area contributed by atoms with E-state index in [9.17, 15) is 33.8 Å². The molecule has 0 atom stereocenters. The molecule has 0 unspecified atom stereocenters. The van der Waals surface area contributed by atoms with Gasteiger partial charge in [-0.15, -0.1) is 0 Å². The predicted octanol–water partition coefficient (Wildman–Crippen LogP) is 3.53. The summed E-state index contributed by atoms with van der Waals surface area (Å²) in [6.45, 7) is -1.68. The average molecular weight is 405 g/mol. The molecule has 0 saturated heterocycles. The first-order valence-electron chi connectivity index (χ1n) is 5.41. The summed E-state index contributed by atoms with van der Waals surface area (Å²) in [5.41, 5.74) is 0. The van der Waals surface area contributed by atoms with Crippen LogP contribution in [0.1, 0.15) is 26.2 Å². The summed E-state index contributed by atoms with van der Waals surface area (Å²) in [6.07, 6.45) is 1.40. The third-order valence-electron chi connectivity index (χ3n) is 2.26. The van der Waals surface area contributed by atoms with E-state index < -0.39 is 49.2 Å². The number of alkyl halides is 7. The van der Waals surface area contributed by atoms with Gasteiger partial charge >= 0.3 is 112 Å². The van der Waals surface area contributed by atoms with Crippen LogP contribution in [0.25, 0.3) is 0 Å². The van der Waals surface area contributed by atoms with Crippen molar-refractivity contribution in [3.05, 3.63) is 0 Å². The Kier molecular flexibility index (Phi) is 7.21. The summed E-state index contributed by atoms with van der Waals surface area (Å²) in [7, 11) is 0. The van der Waals surface area contributed by atoms with E-state index in [1.54, 1.807) is 6.92 Å². The summed E-state index contributed by atoms with van der Waals surface area (Å²) >= 11 is -5.79. The van der Waals surface area contributed by atoms with Crippen LogP contribution in [0.15, 0.2) is 0 Å². The van der Waals surface area contributed by atoms with Crippen LogP contribution in [0.2, 0.25) is 0 Å². The third-order valence-corrected chi connectivity index (χ3v) is 5.95. The summed E-state index contributed by atoms with van der Waals surface area (Å²) in [4.78, 5) is 0. The van der Waals surface area contributed by atoms with E-state index in [0.29, 0.717) is 12.8 Å². The Hall–Kier alpha value is 0.0687. The van der Waals surface area contributed by atoms with Crippen LogP contribution in [0, 0.1) is 0 Å². The van der Waals surface area contributed by atoms with Gasteiger partial charge in [0.2, 0.25) is 0 Å². The molecule has 0 aromatic rings. The zero-order valence-electron chi connectivity index (χ0n) is 10.00. The van der Waals surface area contributed by atoms with Crippen molar-refractivity contribution in [1.82, 2.24) is 0 Å². The maximum atomic E-state index is 13.0. The monoisotopic (exact) mass is 406 g/mol. The Morgan fingerprint density at radius 1 is 1.05 bits per heavy atom. The molecule has 0 aliphatic heterocycles. The van der Waals surface area contributed by atoms with Gasteiger partial charge in [-0.05, 0) is 0 Å². The van der Waals surface area contributed by atoms with Gasteiger partial charge in [0, 0.05) is 0 Å². The molecule has 0 fully saturated rings. The van der Waals surface area contributed by atoms with Crippen LogP contribution < -0.4 is 0 Å². The summed E-state index contributed by atoms with van der Waals surface area (Å²) in [6, 6.07) is 0. The Labute approximate surface area is 113 Å². The molecule has 0 N–H and O–H groups in total. The van der Waals surface area contributed by atoms with Crippen LogP contribution in [-0.4, -0.2) is 49.2 Å². The van der Waals surface area contributed by atoms with Crippen molar-refractivity contribution in [2.45, 2.75) is 42.0 Å². The quantitative estimate of drug-likeness (QED) is 0.334. The fraction of sp³-hybridized carbons (Fsp3) is 1.00. The Balaban J connectivity index is 4.80. The first kappa shape index (κ1) is 19.1. The summed E-state index contributed by atoms with van der Waals surface area (Å²) in [5.74, 6) is -11.6. The minimum atomic E-state index is -6.03. The molecule has 0 saturated carbocycles. The van der Waals surface area contributed by atoms with Crippen molar-refractivity contribution < 1.29 is 36.9 Å². The molecule has 19 heavy (non-hydrogen) atoms. The van der Waals surface area contributed by atoms with Gasteiger partial charge < -0.3 is 0 Å². The van der Waals surface area contributed by atoms with Crippen LogP contribution in [-0.2, 0) is 6.15 Å². The molecule has 0 spiro atoms. The van der Waals surface area contributed by atoms with E-state index in [1.165, 1.54) is 0 Å². The standard InChI is InChI=1S/C5H11O.C4H2F7.O.Sn/c1-2-3-4-5-6;5-1-3(8,9)4(10,11)2(6)7;;/h2-5H2,1H3;1H2;;/q-1;;;+1. The Morgan fingerprint density at radius 2 is 1.58 bits per heavy atom. The molecule has 0 rings (SSSR count). The number of hydrogen-bond donors (Lipinski definition) is 0. The maximum absolute atomic E-state index is 13.0. The van der Waals surface area contributed by atoms with Gasteiger partial charge in [0.1, 0.15) is 0 Å². The molecular formula is C9H13F7O2Sn. The van der Waals surface area contributed by atoms with Crippen LogP contribution in [0.3, 0.4) is 0 Å². The minimum absolute atomic E-state index is 0.198. The molecule has 0 radical (unpaired) electrons. The molecule has 10 heteroatoms. The van der Waals surface area contributed by atoms with Crippen molar-refractivity contribution >= 4 is 20.2 Å². The first-order valence-corrected chi connectivity index (χ1v) is 9.17. The molecule has 0 aromatic carbocycles. The molecule has 2 nitrogen and oxygen atoms in total. The summed E-state index contributed by atoms with van der Waals surface area (Å²) in [5, 5.41) is 0. The van der Waals surface area contributed by atoms with Crippen molar-refractivity contribution in [3.8, 4) is 0 Å². The fourth-order valence-electron chi connectivity index (χ4n) is 1.05. The molecule has 0 heterocycles. The first-order chi connectivity index (χ1) is 8.54. The normalized spacial score (nSPS) is 13.7. The molecule has 0 aliphatic rings. The zero-order valence-corrected chi connectivity index (χ0v) is 12.9. The third kappa shape index (κ3) is 4.27. The second kappa shape index (κ2) is 7.18. The van der Waals surface area contributed by atoms with Crippen molar-refractivity contribution in [1.29, 1.82) is 0 Å². The number of unbranched alkanes of at least 4 members (excludes halogenated alkanes) is 2. The van der Waals surface area contributed by atoms with E-state index >= 15 is 0 Å². The van der Waals surface area contributed by atoms with Gasteiger partial charge in [-0.2, -0.15) is 0 Å². The number of rotatable bonds is 9. The van der Waals surface area contributed by atoms with Crippen molar-refractivity contribution in [2.75, 3.05) is 13.3 Å². The van der Waals surface area contributed by atoms with Gasteiger partial charge in [-0.25, -0.2) is 0 Å². The Bertz CT molecular complexity index is 309. The molecule has 114 valence electrons. The summed E-state index contributed by atoms with van der Waals surface area (Å²) < 4.78 is 98.0. The Morgan fingerprint density at radius 3 is 2.00 bits per heavy atom. The fourth-order valence-corrected chi connectivity index (χ4v) is 3.76. The predicted molar refractivity (Wildman–Crippen MR) is 52.7 cm³/mol. The van der Waals surface area contributed by atoms with E-state index in [-0.39, 0.29) is 6.42 Å². The van der Waals surface area contributed by atoms with E-state index in [0.717, 1.165) is 0 Å².